The van der Waals surface area contributed by atoms with Crippen LogP contribution in [0.25, 0.3) is 0 Å². The van der Waals surface area contributed by atoms with Gasteiger partial charge in [0.05, 0.1) is 15.6 Å². The molecule has 0 unspecified atom stereocenters. The van der Waals surface area contributed by atoms with E-state index in [-0.39, 0.29) is 21.3 Å². The lowest BCUT2D eigenvalue weighted by Crippen LogP contribution is -2.38. The summed E-state index contributed by atoms with van der Waals surface area (Å²) in [5, 5.41) is 2.80. The van der Waals surface area contributed by atoms with Gasteiger partial charge in [0.25, 0.3) is 10.0 Å². The largest absolute Gasteiger partial charge is 0.324 e. The summed E-state index contributed by atoms with van der Waals surface area (Å²) in [6.45, 7) is 1.33. The van der Waals surface area contributed by atoms with Gasteiger partial charge in [-0.15, -0.1) is 0 Å². The van der Waals surface area contributed by atoms with E-state index in [9.17, 15) is 17.6 Å². The Kier molecular flexibility index (Phi) is 6.65. The van der Waals surface area contributed by atoms with Crippen molar-refractivity contribution in [2.75, 3.05) is 16.2 Å². The molecule has 0 bridgehead atoms. The minimum Gasteiger partial charge on any atom is -0.324 e. The molecule has 3 aromatic carbocycles. The Hall–Kier alpha value is -2.61. The standard InChI is InChI=1S/C21H17Cl2FN2O3S/c1-14-2-9-18(10-3-14)30(28,29)26(17-7-4-15(22)5-8-17)13-21(27)25-16-6-11-20(24)19(23)12-16/h2-12H,13H2,1H3,(H,25,27). The zero-order valence-electron chi connectivity index (χ0n) is 15.8. The second kappa shape index (κ2) is 9.04. The Bertz CT molecular complexity index is 1170. The van der Waals surface area contributed by atoms with E-state index in [1.807, 2.05) is 6.92 Å². The lowest BCUT2D eigenvalue weighted by Gasteiger charge is -2.24. The van der Waals surface area contributed by atoms with Crippen LogP contribution in [0.5, 0.6) is 0 Å². The van der Waals surface area contributed by atoms with Crippen LogP contribution in [0.3, 0.4) is 0 Å². The van der Waals surface area contributed by atoms with E-state index in [0.29, 0.717) is 5.02 Å². The number of halogens is 3. The Morgan fingerprint density at radius 1 is 1.00 bits per heavy atom. The van der Waals surface area contributed by atoms with Crippen LogP contribution < -0.4 is 9.62 Å². The number of sulfonamides is 1. The van der Waals surface area contributed by atoms with Gasteiger partial charge in [-0.25, -0.2) is 12.8 Å². The molecule has 0 fully saturated rings. The molecular weight excluding hydrogens is 450 g/mol. The molecule has 1 N–H and O–H groups in total. The van der Waals surface area contributed by atoms with E-state index < -0.39 is 28.3 Å². The highest BCUT2D eigenvalue weighted by Crippen LogP contribution is 2.26. The Balaban J connectivity index is 1.93. The van der Waals surface area contributed by atoms with Crippen molar-refractivity contribution < 1.29 is 17.6 Å². The summed E-state index contributed by atoms with van der Waals surface area (Å²) in [6.07, 6.45) is 0. The molecule has 1 amide bonds. The van der Waals surface area contributed by atoms with E-state index in [2.05, 4.69) is 5.32 Å². The minimum absolute atomic E-state index is 0.0423. The third-order valence-electron chi connectivity index (χ3n) is 4.21. The molecule has 3 aromatic rings. The maximum atomic E-state index is 13.3. The van der Waals surface area contributed by atoms with Crippen molar-refractivity contribution in [3.05, 3.63) is 88.2 Å². The predicted octanol–water partition coefficient (Wildman–Crippen LogP) is 5.27. The second-order valence-corrected chi connectivity index (χ2v) is 9.18. The number of anilines is 2. The van der Waals surface area contributed by atoms with Gasteiger partial charge < -0.3 is 5.32 Å². The molecule has 5 nitrogen and oxygen atoms in total. The number of carbonyl (C=O) groups is 1. The fraction of sp³-hybridized carbons (Fsp3) is 0.0952. The third-order valence-corrected chi connectivity index (χ3v) is 6.54. The molecule has 0 saturated carbocycles. The fourth-order valence-electron chi connectivity index (χ4n) is 2.66. The number of amides is 1. The summed E-state index contributed by atoms with van der Waals surface area (Å²) in [5.74, 6) is -1.25. The minimum atomic E-state index is -4.04. The highest BCUT2D eigenvalue weighted by atomic mass is 35.5. The normalized spacial score (nSPS) is 11.2. The molecule has 0 heterocycles. The van der Waals surface area contributed by atoms with Gasteiger partial charge in [0.1, 0.15) is 12.4 Å². The molecule has 3 rings (SSSR count). The van der Waals surface area contributed by atoms with Gasteiger partial charge >= 0.3 is 0 Å². The van der Waals surface area contributed by atoms with Crippen LogP contribution >= 0.6 is 23.2 Å². The summed E-state index contributed by atoms with van der Waals surface area (Å²) >= 11 is 11.6. The second-order valence-electron chi connectivity index (χ2n) is 6.48. The molecule has 156 valence electrons. The van der Waals surface area contributed by atoms with Crippen LogP contribution in [0.1, 0.15) is 5.56 Å². The number of benzene rings is 3. The van der Waals surface area contributed by atoms with Crippen LogP contribution in [0.2, 0.25) is 10.0 Å². The van der Waals surface area contributed by atoms with Crippen molar-refractivity contribution >= 4 is 50.5 Å². The average Bonchev–Trinajstić information content (AvgIpc) is 2.70. The van der Waals surface area contributed by atoms with Crippen molar-refractivity contribution in [3.63, 3.8) is 0 Å². The van der Waals surface area contributed by atoms with E-state index in [4.69, 9.17) is 23.2 Å². The van der Waals surface area contributed by atoms with Crippen LogP contribution in [-0.4, -0.2) is 20.9 Å². The van der Waals surface area contributed by atoms with Crippen LogP contribution in [-0.2, 0) is 14.8 Å². The van der Waals surface area contributed by atoms with Gasteiger partial charge in [0, 0.05) is 10.7 Å². The van der Waals surface area contributed by atoms with E-state index in [1.165, 1.54) is 48.5 Å². The lowest BCUT2D eigenvalue weighted by atomic mass is 10.2. The van der Waals surface area contributed by atoms with Gasteiger partial charge in [-0.2, -0.15) is 0 Å². The van der Waals surface area contributed by atoms with E-state index in [1.54, 1.807) is 12.1 Å². The van der Waals surface area contributed by atoms with Gasteiger partial charge in [0.15, 0.2) is 0 Å². The lowest BCUT2D eigenvalue weighted by molar-refractivity contribution is -0.114. The quantitative estimate of drug-likeness (QED) is 0.537. The van der Waals surface area contributed by atoms with Gasteiger partial charge in [0.2, 0.25) is 5.91 Å². The van der Waals surface area contributed by atoms with Crippen LogP contribution in [0.15, 0.2) is 71.6 Å². The summed E-state index contributed by atoms with van der Waals surface area (Å²) in [5.41, 5.74) is 1.42. The number of nitrogens with one attached hydrogen (secondary N) is 1. The number of rotatable bonds is 6. The van der Waals surface area contributed by atoms with Crippen molar-refractivity contribution in [1.29, 1.82) is 0 Å². The van der Waals surface area contributed by atoms with Crippen LogP contribution in [0.4, 0.5) is 15.8 Å². The highest BCUT2D eigenvalue weighted by molar-refractivity contribution is 7.92. The first kappa shape index (κ1) is 22.1. The molecule has 0 spiro atoms. The van der Waals surface area contributed by atoms with Crippen LogP contribution in [0, 0.1) is 12.7 Å². The molecule has 0 atom stereocenters. The van der Waals surface area contributed by atoms with Gasteiger partial charge in [-0.3, -0.25) is 9.10 Å². The Morgan fingerprint density at radius 2 is 1.63 bits per heavy atom. The molecular formula is C21H17Cl2FN2O3S. The Labute approximate surface area is 184 Å². The SMILES string of the molecule is Cc1ccc(S(=O)(=O)N(CC(=O)Nc2ccc(F)c(Cl)c2)c2ccc(Cl)cc2)cc1. The molecule has 0 saturated heterocycles. The molecule has 30 heavy (non-hydrogen) atoms. The summed E-state index contributed by atoms with van der Waals surface area (Å²) < 4.78 is 40.8. The zero-order chi connectivity index (χ0) is 21.9. The highest BCUT2D eigenvalue weighted by Gasteiger charge is 2.27. The van der Waals surface area contributed by atoms with Crippen molar-refractivity contribution in [2.45, 2.75) is 11.8 Å². The van der Waals surface area contributed by atoms with Crippen molar-refractivity contribution in [2.24, 2.45) is 0 Å². The molecule has 0 radical (unpaired) electrons. The van der Waals surface area contributed by atoms with E-state index >= 15 is 0 Å². The predicted molar refractivity (Wildman–Crippen MR) is 117 cm³/mol. The smallest absolute Gasteiger partial charge is 0.264 e. The fourth-order valence-corrected chi connectivity index (χ4v) is 4.39. The molecule has 9 heteroatoms. The number of hydrogen-bond acceptors (Lipinski definition) is 3. The van der Waals surface area contributed by atoms with Gasteiger partial charge in [-0.1, -0.05) is 40.9 Å². The topological polar surface area (TPSA) is 66.5 Å². The number of carbonyl (C=O) groups excluding carboxylic acids is 1. The molecule has 0 aliphatic rings. The summed E-state index contributed by atoms with van der Waals surface area (Å²) in [6, 6.07) is 16.1. The average molecular weight is 467 g/mol. The molecule has 0 aliphatic carbocycles. The zero-order valence-corrected chi connectivity index (χ0v) is 18.1. The summed E-state index contributed by atoms with van der Waals surface area (Å²) in [7, 11) is -4.04. The number of nitrogens with zero attached hydrogens (tertiary/aromatic N) is 1. The first-order chi connectivity index (χ1) is 14.2. The number of hydrogen-bond donors (Lipinski definition) is 1. The van der Waals surface area contributed by atoms with E-state index in [0.717, 1.165) is 15.9 Å². The first-order valence-electron chi connectivity index (χ1n) is 8.77. The van der Waals surface area contributed by atoms with Crippen molar-refractivity contribution in [1.82, 2.24) is 0 Å². The number of aryl methyl sites for hydroxylation is 1. The maximum Gasteiger partial charge on any atom is 0.264 e. The molecule has 0 aliphatic heterocycles. The van der Waals surface area contributed by atoms with Crippen molar-refractivity contribution in [3.8, 4) is 0 Å². The molecule has 0 aromatic heterocycles. The Morgan fingerprint density at radius 3 is 2.23 bits per heavy atom. The summed E-state index contributed by atoms with van der Waals surface area (Å²) in [4.78, 5) is 12.7. The monoisotopic (exact) mass is 466 g/mol. The third kappa shape index (κ3) is 5.11. The maximum absolute atomic E-state index is 13.3. The first-order valence-corrected chi connectivity index (χ1v) is 11.0. The van der Waals surface area contributed by atoms with Gasteiger partial charge in [-0.05, 0) is 61.5 Å².